The van der Waals surface area contributed by atoms with Crippen LogP contribution in [0, 0.1) is 5.92 Å². The fourth-order valence-electron chi connectivity index (χ4n) is 3.01. The van der Waals surface area contributed by atoms with Crippen LogP contribution in [0.15, 0.2) is 22.8 Å². The number of nitrogens with zero attached hydrogens (tertiary/aromatic N) is 1. The van der Waals surface area contributed by atoms with Crippen molar-refractivity contribution in [1.29, 1.82) is 0 Å². The third-order valence-corrected chi connectivity index (χ3v) is 6.47. The SMILES string of the molecule is CC1=C(C)S(=O)[C@@](C)(C[C@@H]2C=CCCC2)C(=O)N1C. The Morgan fingerprint density at radius 2 is 2.16 bits per heavy atom. The van der Waals surface area contributed by atoms with Crippen LogP contribution in [-0.4, -0.2) is 26.8 Å². The number of amides is 1. The van der Waals surface area contributed by atoms with Crippen LogP contribution in [0.4, 0.5) is 0 Å². The molecule has 19 heavy (non-hydrogen) atoms. The van der Waals surface area contributed by atoms with E-state index in [1.54, 1.807) is 11.9 Å². The third kappa shape index (κ3) is 2.42. The van der Waals surface area contributed by atoms with Crippen molar-refractivity contribution in [2.75, 3.05) is 7.05 Å². The highest BCUT2D eigenvalue weighted by atomic mass is 32.2. The second kappa shape index (κ2) is 5.23. The van der Waals surface area contributed by atoms with Gasteiger partial charge in [0.25, 0.3) is 0 Å². The summed E-state index contributed by atoms with van der Waals surface area (Å²) in [5.74, 6) is 0.374. The predicted octanol–water partition coefficient (Wildman–Crippen LogP) is 2.96. The Kier molecular flexibility index (Phi) is 4.00. The van der Waals surface area contributed by atoms with E-state index in [4.69, 9.17) is 0 Å². The molecule has 106 valence electrons. The molecule has 0 saturated carbocycles. The van der Waals surface area contributed by atoms with Gasteiger partial charge in [-0.1, -0.05) is 12.2 Å². The Morgan fingerprint density at radius 1 is 1.47 bits per heavy atom. The summed E-state index contributed by atoms with van der Waals surface area (Å²) in [6.45, 7) is 5.61. The van der Waals surface area contributed by atoms with Gasteiger partial charge in [-0.3, -0.25) is 9.00 Å². The summed E-state index contributed by atoms with van der Waals surface area (Å²) in [6.07, 6.45) is 8.46. The summed E-state index contributed by atoms with van der Waals surface area (Å²) in [6, 6.07) is 0. The van der Waals surface area contributed by atoms with Crippen LogP contribution in [0.5, 0.6) is 0 Å². The first kappa shape index (κ1) is 14.5. The molecule has 0 bridgehead atoms. The smallest absolute Gasteiger partial charge is 0.245 e. The highest BCUT2D eigenvalue weighted by Gasteiger charge is 2.47. The normalized spacial score (nSPS) is 36.0. The van der Waals surface area contributed by atoms with E-state index in [9.17, 15) is 9.00 Å². The zero-order valence-corrected chi connectivity index (χ0v) is 13.0. The topological polar surface area (TPSA) is 37.4 Å². The number of rotatable bonds is 2. The Bertz CT molecular complexity index is 481. The van der Waals surface area contributed by atoms with E-state index < -0.39 is 15.5 Å². The lowest BCUT2D eigenvalue weighted by Crippen LogP contribution is -2.52. The molecule has 1 heterocycles. The minimum atomic E-state index is -1.22. The first-order chi connectivity index (χ1) is 8.88. The minimum Gasteiger partial charge on any atom is -0.317 e. The second-order valence-electron chi connectivity index (χ2n) is 5.83. The van der Waals surface area contributed by atoms with E-state index in [0.29, 0.717) is 12.3 Å². The highest BCUT2D eigenvalue weighted by Crippen LogP contribution is 2.38. The van der Waals surface area contributed by atoms with Crippen LogP contribution in [0.1, 0.15) is 46.5 Å². The van der Waals surface area contributed by atoms with Crippen molar-refractivity contribution in [3.63, 3.8) is 0 Å². The summed E-state index contributed by atoms with van der Waals surface area (Å²) in [4.78, 5) is 15.1. The van der Waals surface area contributed by atoms with Crippen molar-refractivity contribution in [2.24, 2.45) is 5.92 Å². The molecule has 0 aromatic carbocycles. The molecule has 3 atom stereocenters. The van der Waals surface area contributed by atoms with Crippen molar-refractivity contribution in [3.05, 3.63) is 22.8 Å². The molecule has 0 spiro atoms. The van der Waals surface area contributed by atoms with Gasteiger partial charge in [0.15, 0.2) is 0 Å². The Balaban J connectivity index is 2.31. The number of carbonyl (C=O) groups excluding carboxylic acids is 1. The van der Waals surface area contributed by atoms with Gasteiger partial charge in [0.2, 0.25) is 5.91 Å². The number of hydrogen-bond donors (Lipinski definition) is 0. The monoisotopic (exact) mass is 281 g/mol. The lowest BCUT2D eigenvalue weighted by Gasteiger charge is -2.39. The molecule has 1 aliphatic carbocycles. The van der Waals surface area contributed by atoms with Crippen LogP contribution in [0.25, 0.3) is 0 Å². The lowest BCUT2D eigenvalue weighted by atomic mass is 9.86. The second-order valence-corrected chi connectivity index (χ2v) is 7.88. The summed E-state index contributed by atoms with van der Waals surface area (Å²) in [5.41, 5.74) is 0.833. The van der Waals surface area contributed by atoms with Gasteiger partial charge in [-0.25, -0.2) is 0 Å². The van der Waals surface area contributed by atoms with Gasteiger partial charge in [-0.05, 0) is 52.4 Å². The fourth-order valence-corrected chi connectivity index (χ4v) is 4.75. The quantitative estimate of drug-likeness (QED) is 0.730. The zero-order valence-electron chi connectivity index (χ0n) is 12.2. The largest absolute Gasteiger partial charge is 0.317 e. The molecule has 0 aromatic heterocycles. The van der Waals surface area contributed by atoms with E-state index in [1.165, 1.54) is 6.42 Å². The summed E-state index contributed by atoms with van der Waals surface area (Å²) >= 11 is 0. The lowest BCUT2D eigenvalue weighted by molar-refractivity contribution is -0.131. The summed E-state index contributed by atoms with van der Waals surface area (Å²) < 4.78 is 11.9. The van der Waals surface area contributed by atoms with Gasteiger partial charge in [0.05, 0.1) is 10.8 Å². The molecule has 0 aromatic rings. The molecule has 2 aliphatic rings. The minimum absolute atomic E-state index is 0.00657. The van der Waals surface area contributed by atoms with Gasteiger partial charge in [0, 0.05) is 17.6 Å². The molecule has 3 nitrogen and oxygen atoms in total. The third-order valence-electron chi connectivity index (χ3n) is 4.46. The molecule has 1 unspecified atom stereocenters. The Labute approximate surface area is 118 Å². The van der Waals surface area contributed by atoms with E-state index in [0.717, 1.165) is 23.4 Å². The molecular weight excluding hydrogens is 258 g/mol. The van der Waals surface area contributed by atoms with Crippen LogP contribution >= 0.6 is 0 Å². The first-order valence-corrected chi connectivity index (χ1v) is 8.07. The van der Waals surface area contributed by atoms with Crippen LogP contribution in [-0.2, 0) is 15.6 Å². The molecular formula is C15H23NO2S. The molecule has 0 radical (unpaired) electrons. The average molecular weight is 281 g/mol. The molecule has 2 rings (SSSR count). The van der Waals surface area contributed by atoms with Crippen LogP contribution < -0.4 is 0 Å². The van der Waals surface area contributed by atoms with Gasteiger partial charge in [0.1, 0.15) is 4.75 Å². The molecule has 4 heteroatoms. The van der Waals surface area contributed by atoms with Crippen molar-refractivity contribution < 1.29 is 9.00 Å². The van der Waals surface area contributed by atoms with Crippen LogP contribution in [0.2, 0.25) is 0 Å². The van der Waals surface area contributed by atoms with E-state index in [-0.39, 0.29) is 5.91 Å². The number of hydrogen-bond acceptors (Lipinski definition) is 2. The average Bonchev–Trinajstić information content (AvgIpc) is 2.43. The molecule has 1 amide bonds. The maximum atomic E-state index is 12.7. The number of carbonyl (C=O) groups is 1. The van der Waals surface area contributed by atoms with Crippen LogP contribution in [0.3, 0.4) is 0 Å². The van der Waals surface area contributed by atoms with E-state index in [1.807, 2.05) is 20.8 Å². The Morgan fingerprint density at radius 3 is 2.74 bits per heavy atom. The first-order valence-electron chi connectivity index (χ1n) is 6.92. The van der Waals surface area contributed by atoms with Gasteiger partial charge in [-0.15, -0.1) is 0 Å². The molecule has 1 aliphatic heterocycles. The molecule has 0 fully saturated rings. The maximum absolute atomic E-state index is 12.7. The fraction of sp³-hybridized carbons (Fsp3) is 0.667. The number of allylic oxidation sites excluding steroid dienone is 4. The van der Waals surface area contributed by atoms with E-state index in [2.05, 4.69) is 12.2 Å². The standard InChI is InChI=1S/C15H23NO2S/c1-11-12(2)19(18)15(3,14(17)16(11)4)10-13-8-6-5-7-9-13/h6,8,13H,5,7,9-10H2,1-4H3/t13-,15+,19?/m1/s1. The van der Waals surface area contributed by atoms with Crippen molar-refractivity contribution >= 4 is 16.7 Å². The van der Waals surface area contributed by atoms with Crippen molar-refractivity contribution in [2.45, 2.75) is 51.2 Å². The summed E-state index contributed by atoms with van der Waals surface area (Å²) in [7, 11) is 0.568. The molecule has 0 N–H and O–H groups in total. The van der Waals surface area contributed by atoms with Gasteiger partial charge in [-0.2, -0.15) is 0 Å². The van der Waals surface area contributed by atoms with Gasteiger partial charge >= 0.3 is 0 Å². The zero-order chi connectivity index (χ0) is 14.2. The van der Waals surface area contributed by atoms with Crippen molar-refractivity contribution in [1.82, 2.24) is 4.90 Å². The van der Waals surface area contributed by atoms with Crippen molar-refractivity contribution in [3.8, 4) is 0 Å². The van der Waals surface area contributed by atoms with Gasteiger partial charge < -0.3 is 4.90 Å². The Hall–Kier alpha value is -0.900. The predicted molar refractivity (Wildman–Crippen MR) is 78.8 cm³/mol. The van der Waals surface area contributed by atoms with E-state index >= 15 is 0 Å². The molecule has 0 saturated heterocycles. The maximum Gasteiger partial charge on any atom is 0.245 e. The highest BCUT2D eigenvalue weighted by molar-refractivity contribution is 7.91. The summed E-state index contributed by atoms with van der Waals surface area (Å²) in [5, 5.41) is 0.